The van der Waals surface area contributed by atoms with Gasteiger partial charge in [0.25, 0.3) is 0 Å². The summed E-state index contributed by atoms with van der Waals surface area (Å²) in [4.78, 5) is 0. The molecule has 76 valence electrons. The highest BCUT2D eigenvalue weighted by atomic mass is 16.5. The van der Waals surface area contributed by atoms with E-state index >= 15 is 0 Å². The minimum atomic E-state index is 0.206. The normalized spacial score (nSPS) is 19.9. The van der Waals surface area contributed by atoms with Gasteiger partial charge in [-0.2, -0.15) is 0 Å². The summed E-state index contributed by atoms with van der Waals surface area (Å²) in [7, 11) is 0. The Kier molecular flexibility index (Phi) is 2.70. The highest BCUT2D eigenvalue weighted by Crippen LogP contribution is 2.37. The van der Waals surface area contributed by atoms with Gasteiger partial charge in [-0.15, -0.1) is 0 Å². The Morgan fingerprint density at radius 2 is 2.21 bits per heavy atom. The largest absolute Gasteiger partial charge is 0.758 e. The summed E-state index contributed by atoms with van der Waals surface area (Å²) in [5.41, 5.74) is 1.94. The van der Waals surface area contributed by atoms with Gasteiger partial charge in [-0.25, -0.2) is 0 Å². The number of fused-ring (bicyclic) bond motifs is 1. The number of hydroxylamine groups is 1. The number of aliphatic hydroxyl groups excluding tert-OH is 1. The van der Waals surface area contributed by atoms with E-state index in [0.717, 1.165) is 29.2 Å². The lowest BCUT2D eigenvalue weighted by Crippen LogP contribution is -2.13. The Morgan fingerprint density at radius 3 is 3.00 bits per heavy atom. The maximum absolute atomic E-state index is 11.5. The Hall–Kier alpha value is -1.06. The van der Waals surface area contributed by atoms with Crippen LogP contribution in [0.25, 0.3) is 0 Å². The molecule has 1 aliphatic rings. The summed E-state index contributed by atoms with van der Waals surface area (Å²) in [5, 5.41) is 21.3. The molecule has 1 aromatic carbocycles. The fraction of sp³-hybridized carbons (Fsp3) is 0.455. The quantitative estimate of drug-likeness (QED) is 0.795. The monoisotopic (exact) mass is 192 g/mol. The zero-order valence-corrected chi connectivity index (χ0v) is 8.02. The number of benzene rings is 1. The van der Waals surface area contributed by atoms with Crippen molar-refractivity contribution in [3.8, 4) is 0 Å². The third kappa shape index (κ3) is 1.61. The van der Waals surface area contributed by atoms with E-state index in [1.54, 1.807) is 0 Å². The molecule has 1 aliphatic heterocycles. The molecule has 1 unspecified atom stereocenters. The molecular formula is C11H14NO2-. The van der Waals surface area contributed by atoms with Gasteiger partial charge in [-0.3, -0.25) is 0 Å². The number of anilines is 1. The Balaban J connectivity index is 2.17. The number of hydrogen-bond acceptors (Lipinski definition) is 3. The molecule has 0 spiro atoms. The predicted octanol–water partition coefficient (Wildman–Crippen LogP) is 1.86. The van der Waals surface area contributed by atoms with Crippen LogP contribution in [0.15, 0.2) is 24.3 Å². The molecule has 0 saturated carbocycles. The van der Waals surface area contributed by atoms with Gasteiger partial charge in [0.2, 0.25) is 0 Å². The molecule has 2 rings (SSSR count). The van der Waals surface area contributed by atoms with Crippen LogP contribution in [0.4, 0.5) is 5.69 Å². The van der Waals surface area contributed by atoms with E-state index in [0.29, 0.717) is 12.5 Å². The molecule has 0 amide bonds. The van der Waals surface area contributed by atoms with Gasteiger partial charge in [0, 0.05) is 24.8 Å². The SMILES string of the molecule is [O-]N1CC(CCCO)c2ccccc21. The lowest BCUT2D eigenvalue weighted by atomic mass is 9.97. The topological polar surface area (TPSA) is 46.5 Å². The molecule has 0 radical (unpaired) electrons. The summed E-state index contributed by atoms with van der Waals surface area (Å²) in [6, 6.07) is 7.72. The van der Waals surface area contributed by atoms with Gasteiger partial charge < -0.3 is 15.4 Å². The number of hydrogen-bond donors (Lipinski definition) is 1. The van der Waals surface area contributed by atoms with E-state index in [-0.39, 0.29) is 6.61 Å². The van der Waals surface area contributed by atoms with Gasteiger partial charge in [0.05, 0.1) is 0 Å². The Morgan fingerprint density at radius 1 is 1.43 bits per heavy atom. The lowest BCUT2D eigenvalue weighted by Gasteiger charge is -2.25. The second kappa shape index (κ2) is 3.98. The van der Waals surface area contributed by atoms with E-state index in [4.69, 9.17) is 5.11 Å². The zero-order valence-electron chi connectivity index (χ0n) is 8.02. The van der Waals surface area contributed by atoms with Crippen molar-refractivity contribution in [2.45, 2.75) is 18.8 Å². The molecular weight excluding hydrogens is 178 g/mol. The van der Waals surface area contributed by atoms with Crippen LogP contribution in [0.3, 0.4) is 0 Å². The first kappa shape index (κ1) is 9.49. The third-order valence-corrected chi connectivity index (χ3v) is 2.74. The fourth-order valence-electron chi connectivity index (χ4n) is 2.04. The number of rotatable bonds is 3. The third-order valence-electron chi connectivity index (χ3n) is 2.74. The maximum atomic E-state index is 11.5. The van der Waals surface area contributed by atoms with E-state index in [9.17, 15) is 5.21 Å². The van der Waals surface area contributed by atoms with Crippen molar-refractivity contribution in [1.29, 1.82) is 0 Å². The van der Waals surface area contributed by atoms with Crippen LogP contribution in [-0.2, 0) is 0 Å². The molecule has 1 atom stereocenters. The summed E-state index contributed by atoms with van der Waals surface area (Å²) in [5.74, 6) is 0.302. The van der Waals surface area contributed by atoms with Crippen molar-refractivity contribution < 1.29 is 5.11 Å². The Labute approximate surface area is 83.6 Å². The van der Waals surface area contributed by atoms with Crippen LogP contribution in [0.1, 0.15) is 24.3 Å². The molecule has 1 heterocycles. The smallest absolute Gasteiger partial charge is 0.0431 e. The molecule has 0 aliphatic carbocycles. The molecule has 1 aromatic rings. The van der Waals surface area contributed by atoms with Crippen molar-refractivity contribution in [1.82, 2.24) is 0 Å². The van der Waals surface area contributed by atoms with Crippen molar-refractivity contribution >= 4 is 5.69 Å². The number of aliphatic hydroxyl groups is 1. The summed E-state index contributed by atoms with van der Waals surface area (Å²) >= 11 is 0. The number of para-hydroxylation sites is 1. The summed E-state index contributed by atoms with van der Waals surface area (Å²) in [6.45, 7) is 0.747. The van der Waals surface area contributed by atoms with Crippen molar-refractivity contribution in [2.75, 3.05) is 18.2 Å². The minimum absolute atomic E-state index is 0.206. The molecule has 3 heteroatoms. The van der Waals surface area contributed by atoms with Gasteiger partial charge in [-0.05, 0) is 24.5 Å². The van der Waals surface area contributed by atoms with Crippen LogP contribution in [0, 0.1) is 5.21 Å². The molecule has 1 N–H and O–H groups in total. The molecule has 0 aromatic heterocycles. The van der Waals surface area contributed by atoms with Gasteiger partial charge in [-0.1, -0.05) is 18.2 Å². The van der Waals surface area contributed by atoms with Crippen LogP contribution in [0.5, 0.6) is 0 Å². The number of nitrogens with zero attached hydrogens (tertiary/aromatic N) is 1. The second-order valence-corrected chi connectivity index (χ2v) is 3.68. The summed E-state index contributed by atoms with van der Waals surface area (Å²) in [6.07, 6.45) is 1.67. The van der Waals surface area contributed by atoms with E-state index in [1.165, 1.54) is 0 Å². The minimum Gasteiger partial charge on any atom is -0.758 e. The fourth-order valence-corrected chi connectivity index (χ4v) is 2.04. The first-order chi connectivity index (χ1) is 6.83. The van der Waals surface area contributed by atoms with Gasteiger partial charge in [0.1, 0.15) is 0 Å². The first-order valence-electron chi connectivity index (χ1n) is 4.97. The maximum Gasteiger partial charge on any atom is 0.0431 e. The molecule has 14 heavy (non-hydrogen) atoms. The van der Waals surface area contributed by atoms with Crippen LogP contribution < -0.4 is 5.06 Å². The van der Waals surface area contributed by atoms with Crippen molar-refractivity contribution in [3.05, 3.63) is 35.0 Å². The predicted molar refractivity (Wildman–Crippen MR) is 56.2 cm³/mol. The molecule has 0 saturated heterocycles. The molecule has 3 nitrogen and oxygen atoms in total. The zero-order chi connectivity index (χ0) is 9.97. The standard InChI is InChI=1S/C11H14NO2/c13-7-3-4-9-8-12(14)11-6-2-1-5-10(9)11/h1-2,5-6,9,13H,3-4,7-8H2/q-1. The summed E-state index contributed by atoms with van der Waals surface area (Å²) < 4.78 is 0. The van der Waals surface area contributed by atoms with Crippen molar-refractivity contribution in [3.63, 3.8) is 0 Å². The van der Waals surface area contributed by atoms with Crippen LogP contribution in [0.2, 0.25) is 0 Å². The average Bonchev–Trinajstić information content (AvgIpc) is 2.54. The molecule has 0 fully saturated rings. The average molecular weight is 192 g/mol. The van der Waals surface area contributed by atoms with E-state index in [1.807, 2.05) is 24.3 Å². The highest BCUT2D eigenvalue weighted by Gasteiger charge is 2.22. The van der Waals surface area contributed by atoms with E-state index in [2.05, 4.69) is 0 Å². The first-order valence-corrected chi connectivity index (χ1v) is 4.97. The van der Waals surface area contributed by atoms with Crippen molar-refractivity contribution in [2.24, 2.45) is 0 Å². The molecule has 0 bridgehead atoms. The lowest BCUT2D eigenvalue weighted by molar-refractivity contribution is 0.280. The highest BCUT2D eigenvalue weighted by molar-refractivity contribution is 5.60. The van der Waals surface area contributed by atoms with E-state index < -0.39 is 0 Å². The Bertz CT molecular complexity index is 314. The van der Waals surface area contributed by atoms with Crippen LogP contribution >= 0.6 is 0 Å². The van der Waals surface area contributed by atoms with Gasteiger partial charge in [0.15, 0.2) is 0 Å². The van der Waals surface area contributed by atoms with Gasteiger partial charge >= 0.3 is 0 Å². The second-order valence-electron chi connectivity index (χ2n) is 3.68. The van der Waals surface area contributed by atoms with Crippen LogP contribution in [-0.4, -0.2) is 18.3 Å².